The fourth-order valence-corrected chi connectivity index (χ4v) is 2.46. The molecular weight excluding hydrogens is 291 g/mol. The van der Waals surface area contributed by atoms with Crippen LogP contribution in [0.1, 0.15) is 18.4 Å². The lowest BCUT2D eigenvalue weighted by Crippen LogP contribution is -2.12. The fourth-order valence-electron chi connectivity index (χ4n) is 1.85. The largest absolute Gasteiger partial charge is 0.493 e. The van der Waals surface area contributed by atoms with Crippen LogP contribution >= 0.6 is 15.9 Å². The molecule has 5 heteroatoms. The van der Waals surface area contributed by atoms with E-state index in [9.17, 15) is 9.50 Å². The third-order valence-corrected chi connectivity index (χ3v) is 3.55. The molecular formula is C12H14BrFO3. The van der Waals surface area contributed by atoms with E-state index in [0.29, 0.717) is 16.5 Å². The van der Waals surface area contributed by atoms with Gasteiger partial charge in [0.15, 0.2) is 11.5 Å². The van der Waals surface area contributed by atoms with Crippen molar-refractivity contribution in [1.82, 2.24) is 0 Å². The molecule has 17 heavy (non-hydrogen) atoms. The van der Waals surface area contributed by atoms with E-state index in [1.54, 1.807) is 6.07 Å². The van der Waals surface area contributed by atoms with Crippen molar-refractivity contribution < 1.29 is 19.0 Å². The summed E-state index contributed by atoms with van der Waals surface area (Å²) in [5.41, 5.74) is -0.0361. The van der Waals surface area contributed by atoms with Crippen molar-refractivity contribution >= 4 is 15.9 Å². The maximum absolute atomic E-state index is 14.0. The zero-order valence-electron chi connectivity index (χ0n) is 9.72. The normalized spacial score (nSPS) is 16.8. The molecule has 1 aliphatic rings. The van der Waals surface area contributed by atoms with Crippen LogP contribution in [0.2, 0.25) is 0 Å². The molecule has 0 bridgehead atoms. The second-order valence-corrected chi connectivity index (χ2v) is 5.15. The smallest absolute Gasteiger partial charge is 0.208 e. The first kappa shape index (κ1) is 12.6. The van der Waals surface area contributed by atoms with Crippen molar-refractivity contribution in [2.45, 2.75) is 24.9 Å². The maximum Gasteiger partial charge on any atom is 0.208 e. The topological polar surface area (TPSA) is 38.7 Å². The average Bonchev–Trinajstić information content (AvgIpc) is 2.96. The SMILES string of the molecule is COc1c(Br)cc(CC2(O)CC2)c(OC)c1F. The Kier molecular flexibility index (Phi) is 3.32. The van der Waals surface area contributed by atoms with Gasteiger partial charge in [-0.25, -0.2) is 0 Å². The van der Waals surface area contributed by atoms with E-state index in [1.165, 1.54) is 14.2 Å². The van der Waals surface area contributed by atoms with Crippen molar-refractivity contribution in [3.05, 3.63) is 21.9 Å². The third-order valence-electron chi connectivity index (χ3n) is 2.96. The highest BCUT2D eigenvalue weighted by Gasteiger charge is 2.41. The lowest BCUT2D eigenvalue weighted by atomic mass is 10.0. The molecule has 0 amide bonds. The highest BCUT2D eigenvalue weighted by atomic mass is 79.9. The van der Waals surface area contributed by atoms with Gasteiger partial charge in [-0.15, -0.1) is 0 Å². The lowest BCUT2D eigenvalue weighted by Gasteiger charge is -2.15. The predicted octanol–water partition coefficient (Wildman–Crippen LogP) is 2.67. The van der Waals surface area contributed by atoms with E-state index in [2.05, 4.69) is 15.9 Å². The van der Waals surface area contributed by atoms with E-state index in [0.717, 1.165) is 12.8 Å². The van der Waals surface area contributed by atoms with E-state index in [-0.39, 0.29) is 11.5 Å². The molecule has 94 valence electrons. The Bertz CT molecular complexity index is 444. The van der Waals surface area contributed by atoms with Crippen LogP contribution in [0.15, 0.2) is 10.5 Å². The van der Waals surface area contributed by atoms with Crippen LogP contribution < -0.4 is 9.47 Å². The quantitative estimate of drug-likeness (QED) is 0.929. The molecule has 3 nitrogen and oxygen atoms in total. The van der Waals surface area contributed by atoms with Gasteiger partial charge in [0.2, 0.25) is 5.82 Å². The van der Waals surface area contributed by atoms with Gasteiger partial charge in [-0.2, -0.15) is 4.39 Å². The number of benzene rings is 1. The van der Waals surface area contributed by atoms with Crippen LogP contribution in [-0.2, 0) is 6.42 Å². The third kappa shape index (κ3) is 2.40. The first-order valence-electron chi connectivity index (χ1n) is 5.32. The minimum absolute atomic E-state index is 0.119. The van der Waals surface area contributed by atoms with Gasteiger partial charge in [0.25, 0.3) is 0 Å². The Labute approximate surface area is 108 Å². The molecule has 1 aromatic rings. The molecule has 0 heterocycles. The van der Waals surface area contributed by atoms with Gasteiger partial charge in [-0.3, -0.25) is 0 Å². The molecule has 1 aromatic carbocycles. The summed E-state index contributed by atoms with van der Waals surface area (Å²) in [6.07, 6.45) is 1.90. The maximum atomic E-state index is 14.0. The van der Waals surface area contributed by atoms with Gasteiger partial charge < -0.3 is 14.6 Å². The number of rotatable bonds is 4. The van der Waals surface area contributed by atoms with Gasteiger partial charge in [0, 0.05) is 12.0 Å². The highest BCUT2D eigenvalue weighted by Crippen LogP contribution is 2.43. The summed E-state index contributed by atoms with van der Waals surface area (Å²) in [4.78, 5) is 0. The summed E-state index contributed by atoms with van der Waals surface area (Å²) < 4.78 is 24.6. The summed E-state index contributed by atoms with van der Waals surface area (Å²) >= 11 is 3.25. The van der Waals surface area contributed by atoms with Crippen LogP contribution in [0, 0.1) is 5.82 Å². The van der Waals surface area contributed by atoms with Crippen LogP contribution in [-0.4, -0.2) is 24.9 Å². The van der Waals surface area contributed by atoms with Crippen LogP contribution in [0.25, 0.3) is 0 Å². The van der Waals surface area contributed by atoms with Crippen molar-refractivity contribution in [1.29, 1.82) is 0 Å². The molecule has 1 aliphatic carbocycles. The van der Waals surface area contributed by atoms with E-state index in [1.807, 2.05) is 0 Å². The second-order valence-electron chi connectivity index (χ2n) is 4.30. The summed E-state index contributed by atoms with van der Waals surface area (Å²) in [7, 11) is 2.81. The molecule has 2 rings (SSSR count). The van der Waals surface area contributed by atoms with Gasteiger partial charge in [0.05, 0.1) is 24.3 Å². The van der Waals surface area contributed by atoms with Gasteiger partial charge in [-0.05, 0) is 34.8 Å². The zero-order chi connectivity index (χ0) is 12.6. The first-order chi connectivity index (χ1) is 8.00. The summed E-state index contributed by atoms with van der Waals surface area (Å²) in [5.74, 6) is -0.276. The number of methoxy groups -OCH3 is 2. The van der Waals surface area contributed by atoms with Gasteiger partial charge in [0.1, 0.15) is 0 Å². The predicted molar refractivity (Wildman–Crippen MR) is 65.1 cm³/mol. The monoisotopic (exact) mass is 304 g/mol. The Morgan fingerprint density at radius 1 is 1.35 bits per heavy atom. The average molecular weight is 305 g/mol. The summed E-state index contributed by atoms with van der Waals surface area (Å²) in [6, 6.07) is 1.73. The molecule has 1 saturated carbocycles. The number of ether oxygens (including phenoxy) is 2. The zero-order valence-corrected chi connectivity index (χ0v) is 11.3. The highest BCUT2D eigenvalue weighted by molar-refractivity contribution is 9.10. The molecule has 0 atom stereocenters. The molecule has 0 unspecified atom stereocenters. The van der Waals surface area contributed by atoms with E-state index >= 15 is 0 Å². The number of aliphatic hydroxyl groups is 1. The van der Waals surface area contributed by atoms with Crippen molar-refractivity contribution in [3.63, 3.8) is 0 Å². The van der Waals surface area contributed by atoms with Crippen molar-refractivity contribution in [3.8, 4) is 11.5 Å². The molecule has 0 aliphatic heterocycles. The first-order valence-corrected chi connectivity index (χ1v) is 6.11. The van der Waals surface area contributed by atoms with Crippen molar-refractivity contribution in [2.24, 2.45) is 0 Å². The fraction of sp³-hybridized carbons (Fsp3) is 0.500. The second kappa shape index (κ2) is 4.46. The van der Waals surface area contributed by atoms with Crippen LogP contribution in [0.3, 0.4) is 0 Å². The number of hydrogen-bond donors (Lipinski definition) is 1. The molecule has 0 aromatic heterocycles. The minimum atomic E-state index is -0.687. The Balaban J connectivity index is 2.44. The lowest BCUT2D eigenvalue weighted by molar-refractivity contribution is 0.149. The van der Waals surface area contributed by atoms with E-state index in [4.69, 9.17) is 9.47 Å². The number of hydrogen-bond acceptors (Lipinski definition) is 3. The Morgan fingerprint density at radius 3 is 2.41 bits per heavy atom. The molecule has 0 spiro atoms. The van der Waals surface area contributed by atoms with E-state index < -0.39 is 11.4 Å². The molecule has 0 saturated heterocycles. The molecule has 1 fully saturated rings. The molecule has 0 radical (unpaired) electrons. The Morgan fingerprint density at radius 2 is 1.94 bits per heavy atom. The molecule has 1 N–H and O–H groups in total. The number of halogens is 2. The van der Waals surface area contributed by atoms with Crippen LogP contribution in [0.5, 0.6) is 11.5 Å². The van der Waals surface area contributed by atoms with Crippen LogP contribution in [0.4, 0.5) is 4.39 Å². The standard InChI is InChI=1S/C12H14BrFO3/c1-16-10-7(6-12(15)3-4-12)5-8(13)11(17-2)9(10)14/h5,15H,3-4,6H2,1-2H3. The summed E-state index contributed by atoms with van der Waals surface area (Å²) in [5, 5.41) is 9.89. The van der Waals surface area contributed by atoms with Crippen molar-refractivity contribution in [2.75, 3.05) is 14.2 Å². The van der Waals surface area contributed by atoms with Gasteiger partial charge in [-0.1, -0.05) is 0 Å². The Hall–Kier alpha value is -0.810. The van der Waals surface area contributed by atoms with Gasteiger partial charge >= 0.3 is 0 Å². The minimum Gasteiger partial charge on any atom is -0.493 e. The summed E-state index contributed by atoms with van der Waals surface area (Å²) in [6.45, 7) is 0.